The molecule has 0 radical (unpaired) electrons. The van der Waals surface area contributed by atoms with Crippen molar-refractivity contribution in [2.45, 2.75) is 122 Å². The van der Waals surface area contributed by atoms with E-state index < -0.39 is 64.6 Å². The minimum Gasteiger partial charge on any atom is -0.482 e. The van der Waals surface area contributed by atoms with Crippen molar-refractivity contribution in [1.29, 1.82) is 0 Å². The number of likely N-dealkylation sites (N-methyl/N-ethyl adjacent to an activating group) is 1. The third kappa shape index (κ3) is 7.99. The summed E-state index contributed by atoms with van der Waals surface area (Å²) in [6.07, 6.45) is 11.2. The number of ketones is 2. The number of allylic oxidation sites excluding steroid dienone is 4. The van der Waals surface area contributed by atoms with E-state index in [1.165, 1.54) is 12.7 Å². The Kier molecular flexibility index (Phi) is 12.7. The van der Waals surface area contributed by atoms with Crippen LogP contribution in [0.4, 0.5) is 0 Å². The highest BCUT2D eigenvalue weighted by molar-refractivity contribution is 6.11. The molecule has 5 heterocycles. The summed E-state index contributed by atoms with van der Waals surface area (Å²) in [7, 11) is 3.30. The van der Waals surface area contributed by atoms with Crippen LogP contribution in [0.5, 0.6) is 17.2 Å². The summed E-state index contributed by atoms with van der Waals surface area (Å²) in [6.45, 7) is 19.9. The molecule has 65 heavy (non-hydrogen) atoms. The average molecular weight is 898 g/mol. The van der Waals surface area contributed by atoms with Crippen molar-refractivity contribution < 1.29 is 52.4 Å². The van der Waals surface area contributed by atoms with Gasteiger partial charge in [0, 0.05) is 74.7 Å². The number of morpholine rings is 1. The van der Waals surface area contributed by atoms with Crippen LogP contribution in [-0.4, -0.2) is 139 Å². The van der Waals surface area contributed by atoms with Crippen LogP contribution < -0.4 is 14.2 Å². The Morgan fingerprint density at radius 1 is 0.892 bits per heavy atom. The van der Waals surface area contributed by atoms with E-state index in [1.807, 2.05) is 59.9 Å². The number of carbonyl (C=O) groups is 5. The molecule has 4 bridgehead atoms. The second-order valence-corrected chi connectivity index (χ2v) is 20.4. The van der Waals surface area contributed by atoms with E-state index in [1.54, 1.807) is 17.9 Å². The van der Waals surface area contributed by atoms with Gasteiger partial charge in [0.2, 0.25) is 5.91 Å². The number of esters is 2. The second kappa shape index (κ2) is 17.5. The summed E-state index contributed by atoms with van der Waals surface area (Å²) in [4.78, 5) is 78.7. The molecule has 14 heteroatoms. The standard InChI is InChI=1S/C51H67N3O11/c1-30(2)12-11-17-49(8)18-16-34-43(63-49)33(14-13-31(3)4)45-39(44(34)62-38(56)29-37(55)53-22-20-52(9)21-23-53)42(57)40-41(54-24-26-61-27-25-54)35-28-36-48(6,7)65-50(46(35)58,51(36,40)64-45)19-15-32(5)47(59)60-10/h12-13,15-16,18,35-36,40-41H,11,14,17,19-29H2,1-10H3. The normalized spacial score (nSPS) is 31.2. The number of fused-ring (bicyclic) bond motifs is 2. The topological polar surface area (TPSA) is 150 Å². The van der Waals surface area contributed by atoms with Gasteiger partial charge in [0.1, 0.15) is 29.1 Å². The van der Waals surface area contributed by atoms with Gasteiger partial charge in [-0.2, -0.15) is 0 Å². The first-order chi connectivity index (χ1) is 30.8. The molecule has 5 aliphatic heterocycles. The Morgan fingerprint density at radius 3 is 2.25 bits per heavy atom. The lowest BCUT2D eigenvalue weighted by Crippen LogP contribution is -2.82. The number of nitrogens with zero attached hydrogens (tertiary/aromatic N) is 3. The van der Waals surface area contributed by atoms with E-state index in [9.17, 15) is 14.4 Å². The lowest BCUT2D eigenvalue weighted by molar-refractivity contribution is -0.216. The molecule has 7 atom stereocenters. The third-order valence-electron chi connectivity index (χ3n) is 15.0. The number of methoxy groups -OCH3 is 1. The first kappa shape index (κ1) is 46.9. The van der Waals surface area contributed by atoms with Crippen molar-refractivity contribution in [2.24, 2.45) is 17.8 Å². The zero-order chi connectivity index (χ0) is 46.8. The van der Waals surface area contributed by atoms with Gasteiger partial charge >= 0.3 is 11.9 Å². The molecular weight excluding hydrogens is 831 g/mol. The number of rotatable bonds is 12. The zero-order valence-corrected chi connectivity index (χ0v) is 39.9. The Hall–Kier alpha value is -4.63. The van der Waals surface area contributed by atoms with E-state index in [2.05, 4.69) is 29.7 Å². The van der Waals surface area contributed by atoms with Gasteiger partial charge in [0.15, 0.2) is 28.5 Å². The van der Waals surface area contributed by atoms with Crippen LogP contribution in [0, 0.1) is 17.8 Å². The molecule has 3 aliphatic carbocycles. The van der Waals surface area contributed by atoms with Gasteiger partial charge in [0.05, 0.1) is 37.4 Å². The van der Waals surface area contributed by atoms with Crippen molar-refractivity contribution in [3.05, 3.63) is 57.7 Å². The first-order valence-electron chi connectivity index (χ1n) is 23.4. The Balaban J connectivity index is 1.36. The number of amides is 1. The average Bonchev–Trinajstić information content (AvgIpc) is 3.40. The van der Waals surface area contributed by atoms with Crippen LogP contribution in [0.1, 0.15) is 109 Å². The fourth-order valence-electron chi connectivity index (χ4n) is 11.8. The Morgan fingerprint density at radius 2 is 1.58 bits per heavy atom. The second-order valence-electron chi connectivity index (χ2n) is 20.4. The largest absolute Gasteiger partial charge is 0.482 e. The SMILES string of the molecule is COC(=O)C(C)=CCC12OC(C)(C)C3CC(C1=O)C(N1CCOCC1)C1C(=O)c4c(OC(=O)CC(=O)N5CCN(C)CC5)c5c(c(CC=C(C)C)c4OC132)OC(C)(CCC=C(C)C)C=C5. The Bertz CT molecular complexity index is 2270. The van der Waals surface area contributed by atoms with Crippen molar-refractivity contribution in [2.75, 3.05) is 66.6 Å². The van der Waals surface area contributed by atoms with E-state index >= 15 is 9.59 Å². The maximum absolute atomic E-state index is 16.4. The summed E-state index contributed by atoms with van der Waals surface area (Å²) in [5.74, 6) is -3.66. The summed E-state index contributed by atoms with van der Waals surface area (Å²) >= 11 is 0. The van der Waals surface area contributed by atoms with Crippen molar-refractivity contribution >= 4 is 35.5 Å². The monoisotopic (exact) mass is 897 g/mol. The number of Topliss-reactive ketones (excluding diaryl/α,β-unsaturated/α-hetero) is 2. The highest BCUT2D eigenvalue weighted by Crippen LogP contribution is 2.71. The number of piperazine rings is 1. The van der Waals surface area contributed by atoms with Crippen molar-refractivity contribution in [3.8, 4) is 17.2 Å². The highest BCUT2D eigenvalue weighted by Gasteiger charge is 2.86. The summed E-state index contributed by atoms with van der Waals surface area (Å²) in [6, 6.07) is -0.593. The first-order valence-corrected chi connectivity index (χ1v) is 23.4. The molecule has 7 unspecified atom stereocenters. The number of carbonyl (C=O) groups excluding carboxylic acids is 5. The van der Waals surface area contributed by atoms with Crippen LogP contribution >= 0.6 is 0 Å². The van der Waals surface area contributed by atoms with Gasteiger partial charge in [-0.05, 0) is 100 Å². The van der Waals surface area contributed by atoms with E-state index in [4.69, 9.17) is 28.4 Å². The third-order valence-corrected chi connectivity index (χ3v) is 15.0. The van der Waals surface area contributed by atoms with E-state index in [0.717, 1.165) is 12.0 Å². The quantitative estimate of drug-likeness (QED) is 0.0785. The van der Waals surface area contributed by atoms with Gasteiger partial charge < -0.3 is 38.2 Å². The van der Waals surface area contributed by atoms with Crippen molar-refractivity contribution in [3.63, 3.8) is 0 Å². The van der Waals surface area contributed by atoms with Gasteiger partial charge in [-0.15, -0.1) is 0 Å². The summed E-state index contributed by atoms with van der Waals surface area (Å²) in [5.41, 5.74) is -1.40. The molecule has 1 aromatic rings. The van der Waals surface area contributed by atoms with Crippen LogP contribution in [0.3, 0.4) is 0 Å². The predicted molar refractivity (Wildman–Crippen MR) is 243 cm³/mol. The molecular formula is C51H67N3O11. The lowest BCUT2D eigenvalue weighted by Gasteiger charge is -2.64. The maximum atomic E-state index is 16.4. The molecule has 0 aromatic heterocycles. The summed E-state index contributed by atoms with van der Waals surface area (Å²) in [5, 5.41) is 0. The van der Waals surface area contributed by atoms with E-state index in [-0.39, 0.29) is 41.0 Å². The fourth-order valence-corrected chi connectivity index (χ4v) is 11.8. The minimum atomic E-state index is -1.69. The molecule has 352 valence electrons. The van der Waals surface area contributed by atoms with Crippen LogP contribution in [0.25, 0.3) is 6.08 Å². The number of hydrogen-bond acceptors (Lipinski definition) is 13. The molecule has 3 saturated heterocycles. The van der Waals surface area contributed by atoms with E-state index in [0.29, 0.717) is 94.2 Å². The molecule has 9 rings (SSSR count). The zero-order valence-electron chi connectivity index (χ0n) is 39.9. The van der Waals surface area contributed by atoms with Gasteiger partial charge in [-0.1, -0.05) is 29.4 Å². The van der Waals surface area contributed by atoms with Gasteiger partial charge in [-0.3, -0.25) is 24.1 Å². The molecule has 0 N–H and O–H groups in total. The maximum Gasteiger partial charge on any atom is 0.333 e. The lowest BCUT2D eigenvalue weighted by atomic mass is 9.44. The van der Waals surface area contributed by atoms with Crippen LogP contribution in [0.15, 0.2) is 41.0 Å². The van der Waals surface area contributed by atoms with Gasteiger partial charge in [0.25, 0.3) is 0 Å². The van der Waals surface area contributed by atoms with Gasteiger partial charge in [-0.25, -0.2) is 4.79 Å². The molecule has 3 saturated carbocycles. The predicted octanol–water partition coefficient (Wildman–Crippen LogP) is 6.08. The fraction of sp³-hybridized carbons (Fsp3) is 0.627. The molecule has 6 fully saturated rings. The molecule has 1 amide bonds. The van der Waals surface area contributed by atoms with Crippen LogP contribution in [-0.2, 0) is 39.8 Å². The summed E-state index contributed by atoms with van der Waals surface area (Å²) < 4.78 is 39.2. The Labute approximate surface area is 383 Å². The minimum absolute atomic E-state index is 0.0221. The highest BCUT2D eigenvalue weighted by atomic mass is 16.6. The van der Waals surface area contributed by atoms with Crippen LogP contribution in [0.2, 0.25) is 0 Å². The smallest absolute Gasteiger partial charge is 0.333 e. The molecule has 1 spiro atoms. The molecule has 14 nitrogen and oxygen atoms in total. The van der Waals surface area contributed by atoms with Crippen molar-refractivity contribution in [1.82, 2.24) is 14.7 Å². The number of benzene rings is 1. The molecule has 8 aliphatic rings. The number of ether oxygens (including phenoxy) is 6. The number of hydrogen-bond donors (Lipinski definition) is 0. The molecule has 1 aromatic carbocycles.